The van der Waals surface area contributed by atoms with Crippen LogP contribution in [-0.2, 0) is 11.8 Å². The van der Waals surface area contributed by atoms with Gasteiger partial charge in [0.05, 0.1) is 5.69 Å². The Hall–Kier alpha value is -0.540. The van der Waals surface area contributed by atoms with Crippen LogP contribution in [0.4, 0.5) is 5.69 Å². The van der Waals surface area contributed by atoms with Crippen LogP contribution in [0.2, 0.25) is 0 Å². The molecule has 1 aromatic carbocycles. The number of hydrogen-bond acceptors (Lipinski definition) is 2. The van der Waals surface area contributed by atoms with Gasteiger partial charge in [0.2, 0.25) is 0 Å². The number of anilines is 1. The van der Waals surface area contributed by atoms with Gasteiger partial charge in [0.15, 0.2) is 0 Å². The predicted octanol–water partition coefficient (Wildman–Crippen LogP) is 2.45. The SMILES string of the molecule is CCc1cccc(N(C)N)c1CBr. The third kappa shape index (κ3) is 2.23. The summed E-state index contributed by atoms with van der Waals surface area (Å²) in [5.41, 5.74) is 3.73. The zero-order valence-electron chi connectivity index (χ0n) is 8.05. The minimum absolute atomic E-state index is 0.855. The third-order valence-electron chi connectivity index (χ3n) is 2.14. The first-order valence-electron chi connectivity index (χ1n) is 4.35. The van der Waals surface area contributed by atoms with Crippen molar-refractivity contribution in [1.29, 1.82) is 0 Å². The number of rotatable bonds is 3. The van der Waals surface area contributed by atoms with Crippen LogP contribution in [0.1, 0.15) is 18.1 Å². The van der Waals surface area contributed by atoms with E-state index in [4.69, 9.17) is 5.84 Å². The van der Waals surface area contributed by atoms with E-state index in [9.17, 15) is 0 Å². The van der Waals surface area contributed by atoms with E-state index >= 15 is 0 Å². The topological polar surface area (TPSA) is 29.3 Å². The molecule has 0 aliphatic rings. The summed E-state index contributed by atoms with van der Waals surface area (Å²) in [6, 6.07) is 6.23. The first-order valence-corrected chi connectivity index (χ1v) is 5.48. The average Bonchev–Trinajstić information content (AvgIpc) is 2.16. The van der Waals surface area contributed by atoms with E-state index in [1.54, 1.807) is 5.01 Å². The average molecular weight is 243 g/mol. The van der Waals surface area contributed by atoms with Crippen molar-refractivity contribution in [2.75, 3.05) is 12.1 Å². The van der Waals surface area contributed by atoms with Crippen molar-refractivity contribution in [1.82, 2.24) is 0 Å². The molecular formula is C10H15BrN2. The van der Waals surface area contributed by atoms with Crippen LogP contribution in [0.25, 0.3) is 0 Å². The Balaban J connectivity index is 3.19. The molecule has 0 amide bonds. The first-order chi connectivity index (χ1) is 6.20. The standard InChI is InChI=1S/C10H15BrN2/c1-3-8-5-4-6-10(13(2)12)9(8)7-11/h4-6H,3,7,12H2,1-2H3. The molecule has 1 rings (SSSR count). The Morgan fingerprint density at radius 3 is 2.62 bits per heavy atom. The molecule has 0 bridgehead atoms. The summed E-state index contributed by atoms with van der Waals surface area (Å²) < 4.78 is 0. The molecule has 72 valence electrons. The lowest BCUT2D eigenvalue weighted by atomic mass is 10.0. The zero-order chi connectivity index (χ0) is 9.84. The molecule has 0 unspecified atom stereocenters. The molecule has 1 aromatic rings. The number of aryl methyl sites for hydroxylation is 1. The third-order valence-corrected chi connectivity index (χ3v) is 2.70. The number of hydrogen-bond donors (Lipinski definition) is 1. The maximum absolute atomic E-state index is 5.73. The summed E-state index contributed by atoms with van der Waals surface area (Å²) in [6.07, 6.45) is 1.04. The van der Waals surface area contributed by atoms with E-state index in [1.165, 1.54) is 11.1 Å². The second-order valence-corrected chi connectivity index (χ2v) is 3.57. The van der Waals surface area contributed by atoms with Crippen molar-refractivity contribution in [3.05, 3.63) is 29.3 Å². The van der Waals surface area contributed by atoms with Crippen molar-refractivity contribution in [2.24, 2.45) is 5.84 Å². The Morgan fingerprint density at radius 2 is 2.15 bits per heavy atom. The van der Waals surface area contributed by atoms with Gasteiger partial charge in [-0.1, -0.05) is 35.0 Å². The molecule has 2 N–H and O–H groups in total. The van der Waals surface area contributed by atoms with E-state index in [2.05, 4.69) is 28.9 Å². The lowest BCUT2D eigenvalue weighted by molar-refractivity contribution is 0.991. The summed E-state index contributed by atoms with van der Waals surface area (Å²) in [5.74, 6) is 5.73. The molecule has 0 saturated heterocycles. The van der Waals surface area contributed by atoms with Gasteiger partial charge in [-0.25, -0.2) is 5.84 Å². The van der Waals surface area contributed by atoms with Crippen LogP contribution >= 0.6 is 15.9 Å². The van der Waals surface area contributed by atoms with Crippen LogP contribution in [0.5, 0.6) is 0 Å². The van der Waals surface area contributed by atoms with Crippen molar-refractivity contribution in [3.63, 3.8) is 0 Å². The molecule has 0 aliphatic carbocycles. The number of nitrogens with two attached hydrogens (primary N) is 1. The fourth-order valence-corrected chi connectivity index (χ4v) is 2.08. The molecule has 0 spiro atoms. The zero-order valence-corrected chi connectivity index (χ0v) is 9.63. The molecule has 0 heterocycles. The minimum Gasteiger partial charge on any atom is -0.314 e. The highest BCUT2D eigenvalue weighted by Gasteiger charge is 2.06. The van der Waals surface area contributed by atoms with Crippen molar-refractivity contribution in [3.8, 4) is 0 Å². The van der Waals surface area contributed by atoms with E-state index in [0.717, 1.165) is 17.4 Å². The molecule has 13 heavy (non-hydrogen) atoms. The molecule has 2 nitrogen and oxygen atoms in total. The minimum atomic E-state index is 0.855. The molecule has 3 heteroatoms. The summed E-state index contributed by atoms with van der Waals surface area (Å²) in [5, 5.41) is 2.52. The Bertz CT molecular complexity index is 284. The highest BCUT2D eigenvalue weighted by Crippen LogP contribution is 2.24. The quantitative estimate of drug-likeness (QED) is 0.502. The number of alkyl halides is 1. The van der Waals surface area contributed by atoms with Crippen LogP contribution in [0.3, 0.4) is 0 Å². The summed E-state index contributed by atoms with van der Waals surface area (Å²) in [6.45, 7) is 2.15. The fourth-order valence-electron chi connectivity index (χ4n) is 1.44. The van der Waals surface area contributed by atoms with Gasteiger partial charge in [-0.3, -0.25) is 0 Å². The fraction of sp³-hybridized carbons (Fsp3) is 0.400. The lowest BCUT2D eigenvalue weighted by Gasteiger charge is -2.18. The van der Waals surface area contributed by atoms with Crippen LogP contribution in [0.15, 0.2) is 18.2 Å². The second-order valence-electron chi connectivity index (χ2n) is 3.01. The molecule has 0 fully saturated rings. The maximum atomic E-state index is 5.73. The van der Waals surface area contributed by atoms with Gasteiger partial charge in [-0.2, -0.15) is 0 Å². The molecule has 0 radical (unpaired) electrons. The molecule has 0 aromatic heterocycles. The predicted molar refractivity (Wildman–Crippen MR) is 61.0 cm³/mol. The van der Waals surface area contributed by atoms with Gasteiger partial charge in [-0.05, 0) is 23.6 Å². The monoisotopic (exact) mass is 242 g/mol. The Kier molecular flexibility index (Phi) is 3.75. The first kappa shape index (κ1) is 10.5. The highest BCUT2D eigenvalue weighted by atomic mass is 79.9. The molecular weight excluding hydrogens is 228 g/mol. The van der Waals surface area contributed by atoms with Gasteiger partial charge in [0.25, 0.3) is 0 Å². The maximum Gasteiger partial charge on any atom is 0.0557 e. The smallest absolute Gasteiger partial charge is 0.0557 e. The molecule has 0 aliphatic heterocycles. The highest BCUT2D eigenvalue weighted by molar-refractivity contribution is 9.08. The van der Waals surface area contributed by atoms with Crippen molar-refractivity contribution in [2.45, 2.75) is 18.7 Å². The number of benzene rings is 1. The van der Waals surface area contributed by atoms with Crippen LogP contribution in [-0.4, -0.2) is 7.05 Å². The number of halogens is 1. The normalized spacial score (nSPS) is 10.2. The van der Waals surface area contributed by atoms with Crippen molar-refractivity contribution >= 4 is 21.6 Å². The summed E-state index contributed by atoms with van der Waals surface area (Å²) >= 11 is 3.49. The van der Waals surface area contributed by atoms with Gasteiger partial charge < -0.3 is 5.01 Å². The molecule has 0 saturated carbocycles. The van der Waals surface area contributed by atoms with E-state index in [-0.39, 0.29) is 0 Å². The Labute approximate surface area is 87.8 Å². The van der Waals surface area contributed by atoms with Gasteiger partial charge in [0.1, 0.15) is 0 Å². The number of hydrazine groups is 1. The largest absolute Gasteiger partial charge is 0.314 e. The Morgan fingerprint density at radius 1 is 1.46 bits per heavy atom. The lowest BCUT2D eigenvalue weighted by Crippen LogP contribution is -2.26. The van der Waals surface area contributed by atoms with Gasteiger partial charge >= 0.3 is 0 Å². The van der Waals surface area contributed by atoms with E-state index in [0.29, 0.717) is 0 Å². The molecule has 0 atom stereocenters. The van der Waals surface area contributed by atoms with Crippen molar-refractivity contribution < 1.29 is 0 Å². The van der Waals surface area contributed by atoms with Gasteiger partial charge in [0, 0.05) is 12.4 Å². The summed E-state index contributed by atoms with van der Waals surface area (Å²) in [7, 11) is 1.86. The van der Waals surface area contributed by atoms with E-state index < -0.39 is 0 Å². The van der Waals surface area contributed by atoms with E-state index in [1.807, 2.05) is 19.2 Å². The van der Waals surface area contributed by atoms with Crippen LogP contribution < -0.4 is 10.9 Å². The second kappa shape index (κ2) is 4.63. The van der Waals surface area contributed by atoms with Gasteiger partial charge in [-0.15, -0.1) is 0 Å². The number of nitrogens with zero attached hydrogens (tertiary/aromatic N) is 1. The van der Waals surface area contributed by atoms with Crippen LogP contribution in [0, 0.1) is 0 Å². The summed E-state index contributed by atoms with van der Waals surface area (Å²) in [4.78, 5) is 0.